The number of carbonyl (C=O) groups excluding carboxylic acids is 1. The number of ether oxygens (including phenoxy) is 4. The van der Waals surface area contributed by atoms with Crippen molar-refractivity contribution >= 4 is 5.78 Å². The molecule has 0 aliphatic heterocycles. The molecule has 3 rings (SSSR count). The van der Waals surface area contributed by atoms with E-state index in [1.807, 2.05) is 42.5 Å². The summed E-state index contributed by atoms with van der Waals surface area (Å²) in [5.41, 5.74) is 1.09. The van der Waals surface area contributed by atoms with Crippen LogP contribution in [0.5, 0.6) is 23.0 Å². The molecule has 3 aromatic carbocycles. The topological polar surface area (TPSA) is 54.0 Å². The van der Waals surface area contributed by atoms with Crippen molar-refractivity contribution in [2.45, 2.75) is 0 Å². The van der Waals surface area contributed by atoms with Gasteiger partial charge in [-0.15, -0.1) is 0 Å². The fourth-order valence-corrected chi connectivity index (χ4v) is 2.66. The Morgan fingerprint density at radius 2 is 1.32 bits per heavy atom. The molecule has 0 aliphatic carbocycles. The standard InChI is InChI=1S/C23H22O5/c1-25-18-8-10-19(11-9-18)27-14-15-28-22-16-20(26-2)12-13-21(22)23(24)17-6-4-3-5-7-17/h3-13,16H,14-15H2,1-2H3. The molecule has 28 heavy (non-hydrogen) atoms. The van der Waals surface area contributed by atoms with Gasteiger partial charge in [0.1, 0.15) is 36.2 Å². The number of methoxy groups -OCH3 is 2. The van der Waals surface area contributed by atoms with Gasteiger partial charge in [0.2, 0.25) is 0 Å². The first-order valence-corrected chi connectivity index (χ1v) is 8.88. The molecule has 0 aromatic heterocycles. The Kier molecular flexibility index (Phi) is 6.52. The first kappa shape index (κ1) is 19.3. The van der Waals surface area contributed by atoms with Crippen molar-refractivity contribution in [1.82, 2.24) is 0 Å². The molecule has 0 atom stereocenters. The summed E-state index contributed by atoms with van der Waals surface area (Å²) in [5, 5.41) is 0. The van der Waals surface area contributed by atoms with E-state index in [2.05, 4.69) is 0 Å². The average molecular weight is 378 g/mol. The van der Waals surface area contributed by atoms with E-state index in [1.54, 1.807) is 44.6 Å². The van der Waals surface area contributed by atoms with Gasteiger partial charge in [-0.2, -0.15) is 0 Å². The van der Waals surface area contributed by atoms with Crippen molar-refractivity contribution < 1.29 is 23.7 Å². The molecule has 0 saturated heterocycles. The summed E-state index contributed by atoms with van der Waals surface area (Å²) in [7, 11) is 3.19. The minimum Gasteiger partial charge on any atom is -0.497 e. The van der Waals surface area contributed by atoms with Crippen LogP contribution in [0, 0.1) is 0 Å². The second kappa shape index (κ2) is 9.46. The van der Waals surface area contributed by atoms with Crippen LogP contribution in [0.2, 0.25) is 0 Å². The summed E-state index contributed by atoms with van der Waals surface area (Å²) < 4.78 is 21.9. The van der Waals surface area contributed by atoms with Crippen LogP contribution < -0.4 is 18.9 Å². The van der Waals surface area contributed by atoms with E-state index >= 15 is 0 Å². The summed E-state index contributed by atoms with van der Waals surface area (Å²) in [5.74, 6) is 2.47. The zero-order chi connectivity index (χ0) is 19.8. The maximum absolute atomic E-state index is 12.8. The molecule has 0 fully saturated rings. The van der Waals surface area contributed by atoms with E-state index in [1.165, 1.54) is 0 Å². The molecule has 0 unspecified atom stereocenters. The number of ketones is 1. The lowest BCUT2D eigenvalue weighted by Gasteiger charge is -2.13. The van der Waals surface area contributed by atoms with Crippen molar-refractivity contribution in [1.29, 1.82) is 0 Å². The lowest BCUT2D eigenvalue weighted by molar-refractivity contribution is 0.103. The van der Waals surface area contributed by atoms with Crippen molar-refractivity contribution in [2.75, 3.05) is 27.4 Å². The van der Waals surface area contributed by atoms with Crippen LogP contribution in [0.15, 0.2) is 72.8 Å². The average Bonchev–Trinajstić information content (AvgIpc) is 2.77. The Labute approximate surface area is 164 Å². The third-order valence-electron chi connectivity index (χ3n) is 4.14. The maximum Gasteiger partial charge on any atom is 0.196 e. The normalized spacial score (nSPS) is 10.2. The van der Waals surface area contributed by atoms with Gasteiger partial charge in [0, 0.05) is 11.6 Å². The molecular weight excluding hydrogens is 356 g/mol. The van der Waals surface area contributed by atoms with Crippen molar-refractivity contribution in [2.24, 2.45) is 0 Å². The van der Waals surface area contributed by atoms with E-state index in [0.717, 1.165) is 11.5 Å². The Balaban J connectivity index is 1.67. The van der Waals surface area contributed by atoms with Crippen LogP contribution in [0.25, 0.3) is 0 Å². The van der Waals surface area contributed by atoms with Crippen molar-refractivity contribution in [3.05, 3.63) is 83.9 Å². The quantitative estimate of drug-likeness (QED) is 0.408. The van der Waals surface area contributed by atoms with Gasteiger partial charge in [0.25, 0.3) is 0 Å². The molecule has 0 spiro atoms. The molecule has 0 bridgehead atoms. The summed E-state index contributed by atoms with van der Waals surface area (Å²) in [6.07, 6.45) is 0. The Morgan fingerprint density at radius 1 is 0.714 bits per heavy atom. The van der Waals surface area contributed by atoms with Crippen molar-refractivity contribution in [3.63, 3.8) is 0 Å². The van der Waals surface area contributed by atoms with Crippen LogP contribution in [0.1, 0.15) is 15.9 Å². The Hall–Kier alpha value is -3.47. The van der Waals surface area contributed by atoms with Crippen LogP contribution in [-0.4, -0.2) is 33.2 Å². The summed E-state index contributed by atoms with van der Waals surface area (Å²) in [6, 6.07) is 21.6. The van der Waals surface area contributed by atoms with Crippen LogP contribution in [-0.2, 0) is 0 Å². The van der Waals surface area contributed by atoms with E-state index in [-0.39, 0.29) is 12.4 Å². The minimum absolute atomic E-state index is 0.102. The van der Waals surface area contributed by atoms with Crippen LogP contribution in [0.4, 0.5) is 0 Å². The number of rotatable bonds is 9. The maximum atomic E-state index is 12.8. The van der Waals surface area contributed by atoms with Crippen LogP contribution >= 0.6 is 0 Å². The second-order valence-electron chi connectivity index (χ2n) is 5.93. The number of carbonyl (C=O) groups is 1. The Bertz CT molecular complexity index is 904. The van der Waals surface area contributed by atoms with Crippen LogP contribution in [0.3, 0.4) is 0 Å². The third kappa shape index (κ3) is 4.82. The summed E-state index contributed by atoms with van der Waals surface area (Å²) >= 11 is 0. The van der Waals surface area contributed by atoms with Gasteiger partial charge in [-0.3, -0.25) is 4.79 Å². The number of hydrogen-bond donors (Lipinski definition) is 0. The van der Waals surface area contributed by atoms with Gasteiger partial charge in [0.05, 0.1) is 19.8 Å². The predicted octanol–water partition coefficient (Wildman–Crippen LogP) is 4.39. The van der Waals surface area contributed by atoms with E-state index < -0.39 is 0 Å². The molecule has 0 heterocycles. The molecule has 0 N–H and O–H groups in total. The first-order chi connectivity index (χ1) is 13.7. The Morgan fingerprint density at radius 3 is 2.00 bits per heavy atom. The highest BCUT2D eigenvalue weighted by Gasteiger charge is 2.15. The molecule has 3 aromatic rings. The zero-order valence-electron chi connectivity index (χ0n) is 15.9. The molecule has 144 valence electrons. The smallest absolute Gasteiger partial charge is 0.196 e. The monoisotopic (exact) mass is 378 g/mol. The highest BCUT2D eigenvalue weighted by molar-refractivity contribution is 6.10. The van der Waals surface area contributed by atoms with Gasteiger partial charge < -0.3 is 18.9 Å². The molecular formula is C23H22O5. The molecule has 5 nitrogen and oxygen atoms in total. The minimum atomic E-state index is -0.102. The molecule has 0 radical (unpaired) electrons. The third-order valence-corrected chi connectivity index (χ3v) is 4.14. The SMILES string of the molecule is COc1ccc(OCCOc2cc(OC)ccc2C(=O)c2ccccc2)cc1. The number of hydrogen-bond acceptors (Lipinski definition) is 5. The highest BCUT2D eigenvalue weighted by atomic mass is 16.5. The second-order valence-corrected chi connectivity index (χ2v) is 5.93. The van der Waals surface area contributed by atoms with Gasteiger partial charge in [-0.05, 0) is 36.4 Å². The molecule has 0 aliphatic rings. The molecule has 0 saturated carbocycles. The lowest BCUT2D eigenvalue weighted by atomic mass is 10.0. The van der Waals surface area contributed by atoms with E-state index in [9.17, 15) is 4.79 Å². The highest BCUT2D eigenvalue weighted by Crippen LogP contribution is 2.27. The van der Waals surface area contributed by atoms with Gasteiger partial charge >= 0.3 is 0 Å². The van der Waals surface area contributed by atoms with E-state index in [0.29, 0.717) is 29.2 Å². The molecule has 0 amide bonds. The molecule has 5 heteroatoms. The fraction of sp³-hybridized carbons (Fsp3) is 0.174. The van der Waals surface area contributed by atoms with E-state index in [4.69, 9.17) is 18.9 Å². The summed E-state index contributed by atoms with van der Waals surface area (Å²) in [6.45, 7) is 0.622. The van der Waals surface area contributed by atoms with Gasteiger partial charge in [0.15, 0.2) is 5.78 Å². The van der Waals surface area contributed by atoms with Gasteiger partial charge in [-0.25, -0.2) is 0 Å². The zero-order valence-corrected chi connectivity index (χ0v) is 15.9. The first-order valence-electron chi connectivity index (χ1n) is 8.88. The largest absolute Gasteiger partial charge is 0.497 e. The fourth-order valence-electron chi connectivity index (χ4n) is 2.66. The predicted molar refractivity (Wildman–Crippen MR) is 107 cm³/mol. The number of benzene rings is 3. The lowest BCUT2D eigenvalue weighted by Crippen LogP contribution is -2.12. The summed E-state index contributed by atoms with van der Waals surface area (Å²) in [4.78, 5) is 12.8. The van der Waals surface area contributed by atoms with Gasteiger partial charge in [-0.1, -0.05) is 30.3 Å². The van der Waals surface area contributed by atoms with Crippen molar-refractivity contribution in [3.8, 4) is 23.0 Å².